The van der Waals surface area contributed by atoms with Gasteiger partial charge in [-0.2, -0.15) is 0 Å². The average molecular weight is 985 g/mol. The number of hydrogen-bond donors (Lipinski definition) is 4. The number of rotatable bonds is 13. The second kappa shape index (κ2) is 26.6. The van der Waals surface area contributed by atoms with Crippen LogP contribution in [0.25, 0.3) is 0 Å². The van der Waals surface area contributed by atoms with E-state index in [0.29, 0.717) is 24.2 Å². The quantitative estimate of drug-likeness (QED) is 0.164. The van der Waals surface area contributed by atoms with Gasteiger partial charge in [-0.1, -0.05) is 73.9 Å². The van der Waals surface area contributed by atoms with Gasteiger partial charge in [-0.05, 0) is 80.9 Å². The smallest absolute Gasteiger partial charge is 0.329 e. The normalized spacial score (nSPS) is 27.1. The molecular formula is C51H80N6O13. The zero-order valence-corrected chi connectivity index (χ0v) is 43.7. The minimum Gasteiger partial charge on any atom is -0.497 e. The van der Waals surface area contributed by atoms with Crippen molar-refractivity contribution in [2.45, 2.75) is 176 Å². The number of nitrogens with zero attached hydrogens (tertiary/aromatic N) is 3. The Balaban J connectivity index is 2.27. The number of fused-ring (bicyclic) bond motifs is 1. The number of hydrogen-bond acceptors (Lipinski definition) is 13. The highest BCUT2D eigenvalue weighted by molar-refractivity contribution is 6.05. The first-order valence-electron chi connectivity index (χ1n) is 24.7. The molecule has 70 heavy (non-hydrogen) atoms. The van der Waals surface area contributed by atoms with Crippen LogP contribution < -0.4 is 20.7 Å². The van der Waals surface area contributed by atoms with Gasteiger partial charge in [0.15, 0.2) is 11.9 Å². The van der Waals surface area contributed by atoms with Crippen LogP contribution >= 0.6 is 0 Å². The van der Waals surface area contributed by atoms with Crippen molar-refractivity contribution in [2.24, 2.45) is 29.6 Å². The number of nitrogens with one attached hydrogen (secondary N) is 3. The lowest BCUT2D eigenvalue weighted by Gasteiger charge is -2.36. The number of benzene rings is 1. The molecule has 0 aliphatic carbocycles. The van der Waals surface area contributed by atoms with Gasteiger partial charge in [-0.15, -0.1) is 0 Å². The third-order valence-corrected chi connectivity index (χ3v) is 13.5. The maximum Gasteiger partial charge on any atom is 0.329 e. The first-order chi connectivity index (χ1) is 32.7. The Morgan fingerprint density at radius 1 is 0.914 bits per heavy atom. The molecule has 2 fully saturated rings. The highest BCUT2D eigenvalue weighted by Gasteiger charge is 2.44. The van der Waals surface area contributed by atoms with E-state index < -0.39 is 132 Å². The lowest BCUT2D eigenvalue weighted by Crippen LogP contribution is -2.61. The number of Topliss-reactive ketones (excluding diaryl/α,β-unsaturated/α-hetero) is 1. The van der Waals surface area contributed by atoms with Crippen molar-refractivity contribution < 1.29 is 62.5 Å². The molecule has 392 valence electrons. The molecule has 0 saturated carbocycles. The lowest BCUT2D eigenvalue weighted by molar-refractivity contribution is -0.163. The first-order valence-corrected chi connectivity index (χ1v) is 24.7. The molecule has 3 rings (SSSR count). The number of ether oxygens (including phenoxy) is 3. The fourth-order valence-electron chi connectivity index (χ4n) is 8.82. The highest BCUT2D eigenvalue weighted by Crippen LogP contribution is 2.26. The highest BCUT2D eigenvalue weighted by atomic mass is 16.6. The molecule has 0 aromatic heterocycles. The zero-order chi connectivity index (χ0) is 52.9. The van der Waals surface area contributed by atoms with E-state index in [4.69, 9.17) is 14.2 Å². The van der Waals surface area contributed by atoms with E-state index in [-0.39, 0.29) is 44.1 Å². The van der Waals surface area contributed by atoms with E-state index in [9.17, 15) is 48.3 Å². The topological polar surface area (TPSA) is 247 Å². The van der Waals surface area contributed by atoms with Gasteiger partial charge in [0.2, 0.25) is 35.4 Å². The Labute approximate surface area is 413 Å². The zero-order valence-electron chi connectivity index (χ0n) is 43.7. The van der Waals surface area contributed by atoms with Crippen LogP contribution in [0.4, 0.5) is 0 Å². The van der Waals surface area contributed by atoms with Crippen molar-refractivity contribution in [3.05, 3.63) is 29.8 Å². The average Bonchev–Trinajstić information content (AvgIpc) is 3.80. The third kappa shape index (κ3) is 15.7. The van der Waals surface area contributed by atoms with Crippen LogP contribution in [0.1, 0.15) is 120 Å². The van der Waals surface area contributed by atoms with Gasteiger partial charge < -0.3 is 50.0 Å². The van der Waals surface area contributed by atoms with Crippen LogP contribution in [0.3, 0.4) is 0 Å². The van der Waals surface area contributed by atoms with Crippen molar-refractivity contribution in [1.29, 1.82) is 0 Å². The third-order valence-electron chi connectivity index (χ3n) is 13.5. The van der Waals surface area contributed by atoms with E-state index >= 15 is 0 Å². The predicted octanol–water partition coefficient (Wildman–Crippen LogP) is 2.96. The van der Waals surface area contributed by atoms with E-state index in [1.54, 1.807) is 52.0 Å². The van der Waals surface area contributed by atoms with Crippen LogP contribution in [0, 0.1) is 29.6 Å². The summed E-state index contributed by atoms with van der Waals surface area (Å²) in [6.07, 6.45) is -3.84. The van der Waals surface area contributed by atoms with Gasteiger partial charge in [0.25, 0.3) is 0 Å². The first kappa shape index (κ1) is 58.7. The number of amides is 6. The predicted molar refractivity (Wildman–Crippen MR) is 259 cm³/mol. The molecule has 2 aliphatic heterocycles. The van der Waals surface area contributed by atoms with E-state index in [0.717, 1.165) is 0 Å². The molecule has 0 bridgehead atoms. The number of esters is 2. The minimum absolute atomic E-state index is 0.0762. The molecule has 0 radical (unpaired) electrons. The Morgan fingerprint density at radius 2 is 1.54 bits per heavy atom. The summed E-state index contributed by atoms with van der Waals surface area (Å²) >= 11 is 0. The van der Waals surface area contributed by atoms with Crippen LogP contribution in [0.15, 0.2) is 24.3 Å². The molecule has 19 heteroatoms. The fraction of sp³-hybridized carbons (Fsp3) is 0.706. The molecule has 19 nitrogen and oxygen atoms in total. The maximum atomic E-state index is 14.8. The van der Waals surface area contributed by atoms with Crippen molar-refractivity contribution >= 4 is 53.2 Å². The van der Waals surface area contributed by atoms with Gasteiger partial charge in [-0.3, -0.25) is 38.4 Å². The number of ketones is 1. The molecule has 2 saturated heterocycles. The second-order valence-corrected chi connectivity index (χ2v) is 20.3. The van der Waals surface area contributed by atoms with Gasteiger partial charge in [0.1, 0.15) is 42.1 Å². The number of carbonyl (C=O) groups is 9. The van der Waals surface area contributed by atoms with Crippen molar-refractivity contribution in [2.75, 3.05) is 27.7 Å². The Morgan fingerprint density at radius 3 is 2.09 bits per heavy atom. The monoisotopic (exact) mass is 985 g/mol. The SMILES string of the molecule is CC[C@H](C)[C@@H]1NC(=O)[C@@H](NC(=O)[C@@H](CC(C)C)N(C)C(C)=O)[C@H](C)OC(=O)[C@H](Cc2ccc(OC)cc2)N(C)C(=O)[C@@H]2CCCN2C(=O)[C@H](CC(C)C)NC(=O)[C@@H](C)C(=O)[C@H](C(C)C)OC(=O)C[C@@H]1O. The number of likely N-dealkylation sites (N-methyl/N-ethyl adjacent to an activating group) is 2. The van der Waals surface area contributed by atoms with Crippen LogP contribution in [-0.2, 0) is 59.0 Å². The maximum absolute atomic E-state index is 14.8. The summed E-state index contributed by atoms with van der Waals surface area (Å²) in [6, 6.07) is -0.630. The van der Waals surface area contributed by atoms with Gasteiger partial charge in [-0.25, -0.2) is 4.79 Å². The Bertz CT molecular complexity index is 2010. The molecule has 0 spiro atoms. The summed E-state index contributed by atoms with van der Waals surface area (Å²) in [5.41, 5.74) is 0.602. The largest absolute Gasteiger partial charge is 0.497 e. The molecule has 6 amide bonds. The molecule has 1 aromatic rings. The second-order valence-electron chi connectivity index (χ2n) is 20.3. The van der Waals surface area contributed by atoms with E-state index in [2.05, 4.69) is 16.0 Å². The minimum atomic E-state index is -1.66. The van der Waals surface area contributed by atoms with Gasteiger partial charge >= 0.3 is 11.9 Å². The van der Waals surface area contributed by atoms with Crippen molar-refractivity contribution in [1.82, 2.24) is 30.7 Å². The summed E-state index contributed by atoms with van der Waals surface area (Å²) in [7, 11) is 4.37. The Hall–Kier alpha value is -5.59. The number of cyclic esters (lactones) is 2. The lowest BCUT2D eigenvalue weighted by atomic mass is 9.91. The van der Waals surface area contributed by atoms with Crippen LogP contribution in [-0.4, -0.2) is 155 Å². The molecule has 4 N–H and O–H groups in total. The number of aliphatic hydroxyl groups excluding tert-OH is 1. The Kier molecular flexibility index (Phi) is 22.3. The summed E-state index contributed by atoms with van der Waals surface area (Å²) < 4.78 is 17.1. The molecule has 2 heterocycles. The summed E-state index contributed by atoms with van der Waals surface area (Å²) in [6.45, 7) is 18.4. The fourth-order valence-corrected chi connectivity index (χ4v) is 8.82. The molecule has 1 aromatic carbocycles. The molecule has 0 unspecified atom stereocenters. The molecule has 2 aliphatic rings. The van der Waals surface area contributed by atoms with Gasteiger partial charge in [0, 0.05) is 34.0 Å². The van der Waals surface area contributed by atoms with E-state index in [1.807, 2.05) is 27.7 Å². The summed E-state index contributed by atoms with van der Waals surface area (Å²) in [4.78, 5) is 131. The molecule has 11 atom stereocenters. The van der Waals surface area contributed by atoms with Gasteiger partial charge in [0.05, 0.1) is 31.6 Å². The molecular weight excluding hydrogens is 905 g/mol. The van der Waals surface area contributed by atoms with Crippen LogP contribution in [0.2, 0.25) is 0 Å². The van der Waals surface area contributed by atoms with Crippen molar-refractivity contribution in [3.63, 3.8) is 0 Å². The summed E-state index contributed by atoms with van der Waals surface area (Å²) in [5, 5.41) is 19.9. The summed E-state index contributed by atoms with van der Waals surface area (Å²) in [5.74, 6) is -8.83. The van der Waals surface area contributed by atoms with Crippen LogP contribution in [0.5, 0.6) is 5.75 Å². The van der Waals surface area contributed by atoms with Crippen molar-refractivity contribution in [3.8, 4) is 5.75 Å². The standard InChI is InChI=1S/C51H80N6O13/c1-15-30(8)42-40(59)26-41(60)70-45(29(6)7)44(61)31(9)46(62)52-36(23-27(2)3)49(65)57-22-16-17-37(57)50(66)56(13)39(25-34-18-20-35(68-14)21-19-34)51(67)69-32(10)43(48(64)53-42)54-47(63)38(24-28(4)5)55(12)33(11)58/h18-21,27-32,36-40,42-43,45,59H,15-17,22-26H2,1-14H3,(H,52,62)(H,53,64)(H,54,63)/t30-,31-,32-,36-,37-,38+,39-,40-,42-,43-,45-/m0/s1. The number of carbonyl (C=O) groups excluding carboxylic acids is 9. The number of aliphatic hydroxyl groups is 1. The van der Waals surface area contributed by atoms with E-state index in [1.165, 1.54) is 56.7 Å². The number of methoxy groups -OCH3 is 1.